The Hall–Kier alpha value is -1.02. The maximum absolute atomic E-state index is 5.95. The topological polar surface area (TPSA) is 35.2 Å². The molecule has 1 aromatic carbocycles. The Bertz CT molecular complexity index is 356. The number of rotatable bonds is 5. The summed E-state index contributed by atoms with van der Waals surface area (Å²) >= 11 is 0. The number of aryl methyl sites for hydroxylation is 1. The minimum Gasteiger partial charge on any atom is -0.493 e. The normalized spacial score (nSPS) is 17.2. The van der Waals surface area contributed by atoms with Crippen LogP contribution in [0.3, 0.4) is 0 Å². The van der Waals surface area contributed by atoms with Crippen molar-refractivity contribution in [3.63, 3.8) is 0 Å². The summed E-state index contributed by atoms with van der Waals surface area (Å²) in [4.78, 5) is 0. The summed E-state index contributed by atoms with van der Waals surface area (Å²) in [5.74, 6) is 1.88. The highest BCUT2D eigenvalue weighted by Crippen LogP contribution is 2.33. The van der Waals surface area contributed by atoms with Crippen LogP contribution in [0.1, 0.15) is 43.4 Å². The molecule has 2 heteroatoms. The first-order valence-corrected chi connectivity index (χ1v) is 6.15. The Labute approximate surface area is 97.8 Å². The Morgan fingerprint density at radius 1 is 1.44 bits per heavy atom. The average Bonchev–Trinajstić information content (AvgIpc) is 3.04. The van der Waals surface area contributed by atoms with Gasteiger partial charge in [-0.3, -0.25) is 0 Å². The van der Waals surface area contributed by atoms with Gasteiger partial charge in [-0.1, -0.05) is 30.5 Å². The lowest BCUT2D eigenvalue weighted by Gasteiger charge is -2.14. The van der Waals surface area contributed by atoms with E-state index < -0.39 is 0 Å². The lowest BCUT2D eigenvalue weighted by Crippen LogP contribution is -2.09. The van der Waals surface area contributed by atoms with Gasteiger partial charge in [0.2, 0.25) is 0 Å². The van der Waals surface area contributed by atoms with Gasteiger partial charge in [0.05, 0.1) is 6.61 Å². The van der Waals surface area contributed by atoms with Crippen molar-refractivity contribution < 1.29 is 4.74 Å². The number of nitrogens with two attached hydrogens (primary N) is 1. The van der Waals surface area contributed by atoms with E-state index in [0.29, 0.717) is 0 Å². The summed E-state index contributed by atoms with van der Waals surface area (Å²) in [6.45, 7) is 4.91. The van der Waals surface area contributed by atoms with Gasteiger partial charge in [0.1, 0.15) is 5.75 Å². The molecule has 0 aliphatic heterocycles. The minimum atomic E-state index is 0.0378. The van der Waals surface area contributed by atoms with Crippen molar-refractivity contribution in [2.24, 2.45) is 11.7 Å². The van der Waals surface area contributed by atoms with Gasteiger partial charge in [-0.25, -0.2) is 0 Å². The summed E-state index contributed by atoms with van der Waals surface area (Å²) in [7, 11) is 0. The van der Waals surface area contributed by atoms with E-state index in [1.54, 1.807) is 0 Å². The van der Waals surface area contributed by atoms with Gasteiger partial charge >= 0.3 is 0 Å². The molecule has 1 aromatic rings. The van der Waals surface area contributed by atoms with Crippen LogP contribution in [0.15, 0.2) is 18.2 Å². The molecular weight excluding hydrogens is 198 g/mol. The van der Waals surface area contributed by atoms with Gasteiger partial charge < -0.3 is 10.5 Å². The van der Waals surface area contributed by atoms with Gasteiger partial charge in [-0.15, -0.1) is 0 Å². The first-order chi connectivity index (χ1) is 7.66. The summed E-state index contributed by atoms with van der Waals surface area (Å²) in [5.41, 5.74) is 8.31. The van der Waals surface area contributed by atoms with E-state index in [2.05, 4.69) is 19.1 Å². The SMILES string of the molecule is Cc1ccc(OCCC2CC2)c(C(C)N)c1. The van der Waals surface area contributed by atoms with E-state index in [4.69, 9.17) is 10.5 Å². The van der Waals surface area contributed by atoms with E-state index in [1.165, 1.54) is 24.8 Å². The lowest BCUT2D eigenvalue weighted by molar-refractivity contribution is 0.298. The van der Waals surface area contributed by atoms with Crippen molar-refractivity contribution in [1.29, 1.82) is 0 Å². The number of hydrogen-bond donors (Lipinski definition) is 1. The summed E-state index contributed by atoms with van der Waals surface area (Å²) in [6.07, 6.45) is 3.96. The number of hydrogen-bond acceptors (Lipinski definition) is 2. The van der Waals surface area contributed by atoms with E-state index in [0.717, 1.165) is 23.8 Å². The zero-order chi connectivity index (χ0) is 11.5. The average molecular weight is 219 g/mol. The molecule has 16 heavy (non-hydrogen) atoms. The molecule has 0 heterocycles. The number of benzene rings is 1. The van der Waals surface area contributed by atoms with Crippen LogP contribution < -0.4 is 10.5 Å². The monoisotopic (exact) mass is 219 g/mol. The Morgan fingerprint density at radius 3 is 2.81 bits per heavy atom. The third-order valence-electron chi connectivity index (χ3n) is 3.14. The summed E-state index contributed by atoms with van der Waals surface area (Å²) < 4.78 is 5.82. The molecule has 1 saturated carbocycles. The fourth-order valence-electron chi connectivity index (χ4n) is 1.90. The Balaban J connectivity index is 1.99. The van der Waals surface area contributed by atoms with Crippen LogP contribution in [0, 0.1) is 12.8 Å². The van der Waals surface area contributed by atoms with Crippen molar-refractivity contribution in [1.82, 2.24) is 0 Å². The zero-order valence-corrected chi connectivity index (χ0v) is 10.2. The molecule has 1 unspecified atom stereocenters. The molecule has 88 valence electrons. The molecule has 0 amide bonds. The quantitative estimate of drug-likeness (QED) is 0.825. The molecule has 0 aromatic heterocycles. The standard InChI is InChI=1S/C14H21NO/c1-10-3-6-14(13(9-10)11(2)15)16-8-7-12-4-5-12/h3,6,9,11-12H,4-5,7-8,15H2,1-2H3. The van der Waals surface area contributed by atoms with E-state index >= 15 is 0 Å². The number of ether oxygens (including phenoxy) is 1. The third-order valence-corrected chi connectivity index (χ3v) is 3.14. The predicted molar refractivity (Wildman–Crippen MR) is 66.6 cm³/mol. The third kappa shape index (κ3) is 2.99. The fraction of sp³-hybridized carbons (Fsp3) is 0.571. The Morgan fingerprint density at radius 2 is 2.19 bits per heavy atom. The van der Waals surface area contributed by atoms with Crippen molar-refractivity contribution in [2.45, 2.75) is 39.2 Å². The van der Waals surface area contributed by atoms with Crippen LogP contribution in [-0.2, 0) is 0 Å². The molecule has 1 atom stereocenters. The Kier molecular flexibility index (Phi) is 3.49. The molecule has 0 radical (unpaired) electrons. The van der Waals surface area contributed by atoms with Gasteiger partial charge in [-0.05, 0) is 32.3 Å². The zero-order valence-electron chi connectivity index (χ0n) is 10.2. The van der Waals surface area contributed by atoms with Gasteiger partial charge in [0.15, 0.2) is 0 Å². The second kappa shape index (κ2) is 4.88. The van der Waals surface area contributed by atoms with Gasteiger partial charge in [0.25, 0.3) is 0 Å². The molecule has 1 aliphatic carbocycles. The van der Waals surface area contributed by atoms with Crippen molar-refractivity contribution in [2.75, 3.05) is 6.61 Å². The van der Waals surface area contributed by atoms with E-state index in [1.807, 2.05) is 13.0 Å². The van der Waals surface area contributed by atoms with Crippen molar-refractivity contribution in [3.05, 3.63) is 29.3 Å². The first kappa shape index (κ1) is 11.5. The first-order valence-electron chi connectivity index (χ1n) is 6.15. The molecule has 2 rings (SSSR count). The van der Waals surface area contributed by atoms with Crippen LogP contribution in [0.25, 0.3) is 0 Å². The van der Waals surface area contributed by atoms with E-state index in [-0.39, 0.29) is 6.04 Å². The molecule has 2 N–H and O–H groups in total. The highest BCUT2D eigenvalue weighted by molar-refractivity contribution is 5.38. The maximum atomic E-state index is 5.95. The summed E-state index contributed by atoms with van der Waals surface area (Å²) in [6, 6.07) is 6.28. The minimum absolute atomic E-state index is 0.0378. The van der Waals surface area contributed by atoms with E-state index in [9.17, 15) is 0 Å². The molecule has 0 spiro atoms. The fourth-order valence-corrected chi connectivity index (χ4v) is 1.90. The van der Waals surface area contributed by atoms with Crippen LogP contribution in [0.5, 0.6) is 5.75 Å². The van der Waals surface area contributed by atoms with Gasteiger partial charge in [-0.2, -0.15) is 0 Å². The molecule has 2 nitrogen and oxygen atoms in total. The molecule has 0 saturated heterocycles. The predicted octanol–water partition coefficient (Wildman–Crippen LogP) is 3.19. The summed E-state index contributed by atoms with van der Waals surface area (Å²) in [5, 5.41) is 0. The lowest BCUT2D eigenvalue weighted by atomic mass is 10.1. The molecule has 0 bridgehead atoms. The highest BCUT2D eigenvalue weighted by atomic mass is 16.5. The van der Waals surface area contributed by atoms with Crippen LogP contribution in [0.2, 0.25) is 0 Å². The molecular formula is C14H21NO. The largest absolute Gasteiger partial charge is 0.493 e. The highest BCUT2D eigenvalue weighted by Gasteiger charge is 2.21. The molecule has 1 aliphatic rings. The van der Waals surface area contributed by atoms with Crippen LogP contribution >= 0.6 is 0 Å². The van der Waals surface area contributed by atoms with Crippen molar-refractivity contribution in [3.8, 4) is 5.75 Å². The second-order valence-electron chi connectivity index (χ2n) is 4.91. The second-order valence-corrected chi connectivity index (χ2v) is 4.91. The smallest absolute Gasteiger partial charge is 0.124 e. The molecule has 1 fully saturated rings. The van der Waals surface area contributed by atoms with Crippen LogP contribution in [-0.4, -0.2) is 6.61 Å². The van der Waals surface area contributed by atoms with Gasteiger partial charge in [0, 0.05) is 11.6 Å². The van der Waals surface area contributed by atoms with Crippen LogP contribution in [0.4, 0.5) is 0 Å². The van der Waals surface area contributed by atoms with Crippen molar-refractivity contribution >= 4 is 0 Å². The maximum Gasteiger partial charge on any atom is 0.124 e.